The molecular formula is C9H17FN2O2. The first kappa shape index (κ1) is 11.2. The van der Waals surface area contributed by atoms with E-state index in [1.165, 1.54) is 0 Å². The molecule has 82 valence electrons. The lowest BCUT2D eigenvalue weighted by Crippen LogP contribution is -2.52. The molecule has 1 aliphatic heterocycles. The summed E-state index contributed by atoms with van der Waals surface area (Å²) in [4.78, 5) is 12.6. The molecule has 14 heavy (non-hydrogen) atoms. The van der Waals surface area contributed by atoms with Crippen molar-refractivity contribution in [3.8, 4) is 0 Å². The Morgan fingerprint density at radius 1 is 1.57 bits per heavy atom. The number of hydrogen-bond donors (Lipinski definition) is 1. The van der Waals surface area contributed by atoms with Gasteiger partial charge in [0.15, 0.2) is 6.30 Å². The Kier molecular flexibility index (Phi) is 3.31. The third-order valence-corrected chi connectivity index (χ3v) is 1.81. The monoisotopic (exact) mass is 204 g/mol. The smallest absolute Gasteiger partial charge is 0.412 e. The molecule has 1 heterocycles. The summed E-state index contributed by atoms with van der Waals surface area (Å²) in [5, 5.41) is 2.86. The SMILES string of the molecule is CC(C)(C)OC(=O)N1CCNCC1F. The van der Waals surface area contributed by atoms with Gasteiger partial charge < -0.3 is 10.1 Å². The normalized spacial score (nSPS) is 23.4. The summed E-state index contributed by atoms with van der Waals surface area (Å²) in [5.41, 5.74) is -0.568. The van der Waals surface area contributed by atoms with E-state index in [2.05, 4.69) is 5.32 Å². The van der Waals surface area contributed by atoms with Crippen LogP contribution in [0, 0.1) is 0 Å². The van der Waals surface area contributed by atoms with E-state index < -0.39 is 18.0 Å². The Morgan fingerprint density at radius 3 is 2.71 bits per heavy atom. The van der Waals surface area contributed by atoms with Crippen molar-refractivity contribution < 1.29 is 13.9 Å². The highest BCUT2D eigenvalue weighted by molar-refractivity contribution is 5.68. The fourth-order valence-corrected chi connectivity index (χ4v) is 1.20. The van der Waals surface area contributed by atoms with Crippen molar-refractivity contribution in [1.29, 1.82) is 0 Å². The van der Waals surface area contributed by atoms with E-state index in [0.717, 1.165) is 4.90 Å². The predicted octanol–water partition coefficient (Wildman–Crippen LogP) is 1.12. The number of hydrogen-bond acceptors (Lipinski definition) is 3. The Labute approximate surface area is 83.4 Å². The molecule has 1 unspecified atom stereocenters. The minimum Gasteiger partial charge on any atom is -0.444 e. The summed E-state index contributed by atoms with van der Waals surface area (Å²) in [6, 6.07) is 0. The van der Waals surface area contributed by atoms with Crippen molar-refractivity contribution in [2.45, 2.75) is 32.7 Å². The molecule has 1 fully saturated rings. The first-order valence-corrected chi connectivity index (χ1v) is 4.74. The third-order valence-electron chi connectivity index (χ3n) is 1.81. The van der Waals surface area contributed by atoms with Gasteiger partial charge in [-0.15, -0.1) is 0 Å². The summed E-state index contributed by atoms with van der Waals surface area (Å²) in [5.74, 6) is 0. The molecule has 1 N–H and O–H groups in total. The van der Waals surface area contributed by atoms with Gasteiger partial charge in [-0.05, 0) is 20.8 Å². The van der Waals surface area contributed by atoms with E-state index in [4.69, 9.17) is 4.74 Å². The average Bonchev–Trinajstić information content (AvgIpc) is 2.01. The predicted molar refractivity (Wildman–Crippen MR) is 50.7 cm³/mol. The molecule has 0 bridgehead atoms. The zero-order chi connectivity index (χ0) is 10.8. The molecular weight excluding hydrogens is 187 g/mol. The molecule has 0 spiro atoms. The topological polar surface area (TPSA) is 41.6 Å². The van der Waals surface area contributed by atoms with Gasteiger partial charge in [-0.3, -0.25) is 4.90 Å². The number of ether oxygens (including phenoxy) is 1. The number of nitrogens with one attached hydrogen (secondary N) is 1. The molecule has 0 aromatic carbocycles. The van der Waals surface area contributed by atoms with Crippen LogP contribution in [-0.4, -0.2) is 42.5 Å². The van der Waals surface area contributed by atoms with E-state index in [1.54, 1.807) is 20.8 Å². The molecule has 1 aliphatic rings. The van der Waals surface area contributed by atoms with Crippen LogP contribution in [0.2, 0.25) is 0 Å². The van der Waals surface area contributed by atoms with Crippen LogP contribution >= 0.6 is 0 Å². The van der Waals surface area contributed by atoms with Gasteiger partial charge in [-0.1, -0.05) is 0 Å². The van der Waals surface area contributed by atoms with E-state index in [9.17, 15) is 9.18 Å². The van der Waals surface area contributed by atoms with E-state index >= 15 is 0 Å². The molecule has 0 aromatic rings. The highest BCUT2D eigenvalue weighted by Crippen LogP contribution is 2.13. The van der Waals surface area contributed by atoms with Gasteiger partial charge in [0.2, 0.25) is 0 Å². The van der Waals surface area contributed by atoms with Crippen LogP contribution in [0.25, 0.3) is 0 Å². The van der Waals surface area contributed by atoms with Crippen molar-refractivity contribution in [2.24, 2.45) is 0 Å². The van der Waals surface area contributed by atoms with Crippen LogP contribution in [0.1, 0.15) is 20.8 Å². The summed E-state index contributed by atoms with van der Waals surface area (Å²) in [6.07, 6.45) is -1.86. The maximum Gasteiger partial charge on any atom is 0.412 e. The van der Waals surface area contributed by atoms with Crippen molar-refractivity contribution in [3.63, 3.8) is 0 Å². The maximum absolute atomic E-state index is 13.2. The quantitative estimate of drug-likeness (QED) is 0.601. The van der Waals surface area contributed by atoms with Crippen molar-refractivity contribution in [1.82, 2.24) is 10.2 Å². The van der Waals surface area contributed by atoms with Crippen molar-refractivity contribution in [2.75, 3.05) is 19.6 Å². The molecule has 1 atom stereocenters. The summed E-state index contributed by atoms with van der Waals surface area (Å²) in [6.45, 7) is 6.44. The summed E-state index contributed by atoms with van der Waals surface area (Å²) < 4.78 is 18.3. The lowest BCUT2D eigenvalue weighted by atomic mass is 10.2. The second-order valence-corrected chi connectivity index (χ2v) is 4.31. The second-order valence-electron chi connectivity index (χ2n) is 4.31. The molecule has 1 rings (SSSR count). The van der Waals surface area contributed by atoms with Crippen LogP contribution in [-0.2, 0) is 4.74 Å². The number of halogens is 1. The van der Waals surface area contributed by atoms with Gasteiger partial charge in [0.25, 0.3) is 0 Å². The van der Waals surface area contributed by atoms with Crippen LogP contribution in [0.5, 0.6) is 0 Å². The Hall–Kier alpha value is -0.840. The summed E-state index contributed by atoms with van der Waals surface area (Å²) >= 11 is 0. The molecule has 0 aromatic heterocycles. The standard InChI is InChI=1S/C9H17FN2O2/c1-9(2,3)14-8(13)12-5-4-11-6-7(12)10/h7,11H,4-6H2,1-3H3. The Balaban J connectivity index is 2.50. The Morgan fingerprint density at radius 2 is 2.21 bits per heavy atom. The number of amides is 1. The van der Waals surface area contributed by atoms with Crippen LogP contribution in [0.15, 0.2) is 0 Å². The van der Waals surface area contributed by atoms with Crippen LogP contribution < -0.4 is 5.32 Å². The van der Waals surface area contributed by atoms with Crippen molar-refractivity contribution in [3.05, 3.63) is 0 Å². The van der Waals surface area contributed by atoms with Gasteiger partial charge in [-0.25, -0.2) is 9.18 Å². The number of nitrogens with zero attached hydrogens (tertiary/aromatic N) is 1. The summed E-state index contributed by atoms with van der Waals surface area (Å²) in [7, 11) is 0. The number of piperazine rings is 1. The molecule has 0 aliphatic carbocycles. The average molecular weight is 204 g/mol. The molecule has 4 nitrogen and oxygen atoms in total. The molecule has 1 saturated heterocycles. The van der Waals surface area contributed by atoms with E-state index in [1.807, 2.05) is 0 Å². The molecule has 5 heteroatoms. The van der Waals surface area contributed by atoms with Crippen molar-refractivity contribution >= 4 is 6.09 Å². The fraction of sp³-hybridized carbons (Fsp3) is 0.889. The first-order chi connectivity index (χ1) is 6.40. The molecule has 0 saturated carbocycles. The number of alkyl halides is 1. The highest BCUT2D eigenvalue weighted by Gasteiger charge is 2.29. The van der Waals surface area contributed by atoms with Gasteiger partial charge in [0, 0.05) is 19.6 Å². The van der Waals surface area contributed by atoms with Crippen LogP contribution in [0.3, 0.4) is 0 Å². The molecule has 0 radical (unpaired) electrons. The number of carbonyl (C=O) groups is 1. The van der Waals surface area contributed by atoms with Gasteiger partial charge >= 0.3 is 6.09 Å². The largest absolute Gasteiger partial charge is 0.444 e. The zero-order valence-electron chi connectivity index (χ0n) is 8.84. The highest BCUT2D eigenvalue weighted by atomic mass is 19.1. The fourth-order valence-electron chi connectivity index (χ4n) is 1.20. The van der Waals surface area contributed by atoms with Gasteiger partial charge in [0.1, 0.15) is 5.60 Å². The Bertz CT molecular complexity index is 215. The van der Waals surface area contributed by atoms with Gasteiger partial charge in [-0.2, -0.15) is 0 Å². The number of rotatable bonds is 0. The lowest BCUT2D eigenvalue weighted by molar-refractivity contribution is -0.00944. The first-order valence-electron chi connectivity index (χ1n) is 4.74. The zero-order valence-corrected chi connectivity index (χ0v) is 8.84. The van der Waals surface area contributed by atoms with Crippen LogP contribution in [0.4, 0.5) is 9.18 Å². The third kappa shape index (κ3) is 3.14. The van der Waals surface area contributed by atoms with E-state index in [-0.39, 0.29) is 6.54 Å². The molecule has 1 amide bonds. The maximum atomic E-state index is 13.2. The lowest BCUT2D eigenvalue weighted by Gasteiger charge is -2.32. The number of carbonyl (C=O) groups excluding carboxylic acids is 1. The second kappa shape index (κ2) is 4.13. The minimum absolute atomic E-state index is 0.180. The minimum atomic E-state index is -1.28. The van der Waals surface area contributed by atoms with Gasteiger partial charge in [0.05, 0.1) is 0 Å². The van der Waals surface area contributed by atoms with E-state index in [0.29, 0.717) is 13.1 Å².